The number of hydrogen-bond donors (Lipinski definition) is 1. The molecular weight excluding hydrogens is 440 g/mol. The maximum atomic E-state index is 12.3. The molecule has 1 N–H and O–H groups in total. The highest BCUT2D eigenvalue weighted by Crippen LogP contribution is 2.48. The third kappa shape index (κ3) is 7.62. The molecule has 0 aliphatic heterocycles. The minimum absolute atomic E-state index is 0.0192. The van der Waals surface area contributed by atoms with Crippen molar-refractivity contribution in [3.05, 3.63) is 24.3 Å². The van der Waals surface area contributed by atoms with Crippen molar-refractivity contribution in [3.63, 3.8) is 0 Å². The minimum Gasteiger partial charge on any atom is -0.462 e. The molecule has 0 amide bonds. The smallest absolute Gasteiger partial charge is 0.302 e. The lowest BCUT2D eigenvalue weighted by atomic mass is 9.58. The molecule has 2 rings (SSSR count). The number of rotatable bonds is 5. The predicted molar refractivity (Wildman–Crippen MR) is 142 cm³/mol. The highest BCUT2D eigenvalue weighted by molar-refractivity contribution is 5.93. The van der Waals surface area contributed by atoms with Crippen molar-refractivity contribution in [3.8, 4) is 0 Å². The Labute approximate surface area is 213 Å². The lowest BCUT2D eigenvalue weighted by Crippen LogP contribution is -2.50. The Morgan fingerprint density at radius 3 is 1.57 bits per heavy atom. The summed E-state index contributed by atoms with van der Waals surface area (Å²) in [6.07, 6.45) is 8.14. The lowest BCUT2D eigenvalue weighted by Gasteiger charge is -2.48. The number of ketones is 2. The molecular formula is C30H50O5. The van der Waals surface area contributed by atoms with E-state index < -0.39 is 0 Å². The fourth-order valence-electron chi connectivity index (χ4n) is 7.24. The first-order valence-electron chi connectivity index (χ1n) is 13.2. The Kier molecular flexibility index (Phi) is 11.1. The Morgan fingerprint density at radius 1 is 0.771 bits per heavy atom. The third-order valence-corrected chi connectivity index (χ3v) is 8.21. The Hall–Kier alpha value is -1.75. The van der Waals surface area contributed by atoms with Crippen LogP contribution in [0.15, 0.2) is 24.3 Å². The van der Waals surface area contributed by atoms with Gasteiger partial charge in [0, 0.05) is 24.7 Å². The molecule has 200 valence electrons. The molecule has 0 aromatic heterocycles. The zero-order chi connectivity index (χ0) is 27.3. The summed E-state index contributed by atoms with van der Waals surface area (Å²) in [7, 11) is 0. The lowest BCUT2D eigenvalue weighted by molar-refractivity contribution is -0.164. The Bertz CT molecular complexity index is 806. The van der Waals surface area contributed by atoms with Crippen LogP contribution in [0.3, 0.4) is 0 Å². The van der Waals surface area contributed by atoms with Gasteiger partial charge in [-0.2, -0.15) is 0 Å². The number of allylic oxidation sites excluding steroid dienone is 4. The number of ether oxygens (including phenoxy) is 1. The van der Waals surface area contributed by atoms with Crippen LogP contribution in [0.1, 0.15) is 89.0 Å². The second-order valence-electron chi connectivity index (χ2n) is 12.4. The summed E-state index contributed by atoms with van der Waals surface area (Å²) in [6, 6.07) is 0. The van der Waals surface area contributed by atoms with Crippen molar-refractivity contribution in [2.45, 2.75) is 101 Å². The molecule has 8 unspecified atom stereocenters. The van der Waals surface area contributed by atoms with Gasteiger partial charge in [0.1, 0.15) is 6.10 Å². The summed E-state index contributed by atoms with van der Waals surface area (Å²) in [5.41, 5.74) is -0.0826. The van der Waals surface area contributed by atoms with Crippen LogP contribution >= 0.6 is 0 Å². The van der Waals surface area contributed by atoms with Gasteiger partial charge in [0.05, 0.1) is 6.10 Å². The normalized spacial score (nSPS) is 36.3. The molecule has 8 atom stereocenters. The molecule has 2 fully saturated rings. The van der Waals surface area contributed by atoms with Crippen LogP contribution in [-0.4, -0.2) is 34.9 Å². The number of carbonyl (C=O) groups excluding carboxylic acids is 3. The van der Waals surface area contributed by atoms with Crippen molar-refractivity contribution < 1.29 is 24.2 Å². The van der Waals surface area contributed by atoms with Gasteiger partial charge in [0.15, 0.2) is 11.6 Å². The van der Waals surface area contributed by atoms with Gasteiger partial charge in [-0.3, -0.25) is 14.4 Å². The van der Waals surface area contributed by atoms with E-state index in [9.17, 15) is 19.5 Å². The molecule has 0 saturated heterocycles. The molecule has 0 spiro atoms. The van der Waals surface area contributed by atoms with Gasteiger partial charge in [0.2, 0.25) is 0 Å². The van der Waals surface area contributed by atoms with E-state index in [2.05, 4.69) is 41.5 Å². The maximum absolute atomic E-state index is 12.3. The zero-order valence-corrected chi connectivity index (χ0v) is 23.9. The van der Waals surface area contributed by atoms with E-state index >= 15 is 0 Å². The summed E-state index contributed by atoms with van der Waals surface area (Å²) in [4.78, 5) is 35.7. The van der Waals surface area contributed by atoms with Gasteiger partial charge in [-0.15, -0.1) is 0 Å². The fraction of sp³-hybridized carbons (Fsp3) is 0.767. The van der Waals surface area contributed by atoms with E-state index in [0.717, 1.165) is 12.8 Å². The molecule has 2 aliphatic rings. The van der Waals surface area contributed by atoms with Crippen LogP contribution in [0.2, 0.25) is 0 Å². The van der Waals surface area contributed by atoms with Gasteiger partial charge < -0.3 is 9.84 Å². The second kappa shape index (κ2) is 12.5. The first-order chi connectivity index (χ1) is 16.0. The SMILES string of the molecule is C/C=C/C(=O)C1C(C)C(O)C(C)CC1(C)C.C/C=C/C(=O)C1C(C)C(OC(C)=O)C(C)CC1(C)C. The van der Waals surface area contributed by atoms with Crippen LogP contribution in [0, 0.1) is 46.3 Å². The molecule has 35 heavy (non-hydrogen) atoms. The van der Waals surface area contributed by atoms with Crippen molar-refractivity contribution >= 4 is 17.5 Å². The monoisotopic (exact) mass is 490 g/mol. The quantitative estimate of drug-likeness (QED) is 0.367. The van der Waals surface area contributed by atoms with E-state index in [1.165, 1.54) is 6.92 Å². The molecule has 5 heteroatoms. The fourth-order valence-corrected chi connectivity index (χ4v) is 7.24. The summed E-state index contributed by atoms with van der Waals surface area (Å²) in [5.74, 6) is 0.534. The number of carbonyl (C=O) groups is 3. The van der Waals surface area contributed by atoms with E-state index in [0.29, 0.717) is 0 Å². The highest BCUT2D eigenvalue weighted by atomic mass is 16.5. The molecule has 2 saturated carbocycles. The number of aliphatic hydroxyl groups excluding tert-OH is 1. The Balaban J connectivity index is 0.000000355. The number of esters is 1. The average molecular weight is 491 g/mol. The topological polar surface area (TPSA) is 80.7 Å². The first kappa shape index (κ1) is 31.3. The molecule has 0 aromatic carbocycles. The van der Waals surface area contributed by atoms with Gasteiger partial charge in [-0.05, 0) is 67.4 Å². The van der Waals surface area contributed by atoms with Gasteiger partial charge in [-0.1, -0.05) is 67.5 Å². The molecule has 0 heterocycles. The molecule has 0 bridgehead atoms. The van der Waals surface area contributed by atoms with Gasteiger partial charge in [-0.25, -0.2) is 0 Å². The standard InChI is InChI=1S/C16H26O3.C14H24O2/c1-7-8-13(18)14-11(3)15(19-12(4)17)10(2)9-16(14,5)6;1-6-7-11(15)12-10(3)13(16)9(2)8-14(12,4)5/h7-8,10-11,14-15H,9H2,1-6H3;6-7,9-10,12-13,16H,8H2,1-5H3/b8-7+;7-6+. The van der Waals surface area contributed by atoms with Gasteiger partial charge in [0.25, 0.3) is 0 Å². The highest BCUT2D eigenvalue weighted by Gasteiger charge is 2.49. The van der Waals surface area contributed by atoms with Crippen LogP contribution in [-0.2, 0) is 19.1 Å². The summed E-state index contributed by atoms with van der Waals surface area (Å²) in [5, 5.41) is 10.1. The van der Waals surface area contributed by atoms with Crippen molar-refractivity contribution in [1.82, 2.24) is 0 Å². The summed E-state index contributed by atoms with van der Waals surface area (Å²) >= 11 is 0. The average Bonchev–Trinajstić information content (AvgIpc) is 2.69. The van der Waals surface area contributed by atoms with E-state index in [4.69, 9.17) is 4.74 Å². The van der Waals surface area contributed by atoms with E-state index in [1.54, 1.807) is 24.3 Å². The van der Waals surface area contributed by atoms with Crippen molar-refractivity contribution in [2.75, 3.05) is 0 Å². The number of aliphatic hydroxyl groups is 1. The number of hydrogen-bond acceptors (Lipinski definition) is 5. The molecule has 0 radical (unpaired) electrons. The summed E-state index contributed by atoms with van der Waals surface area (Å²) in [6.45, 7) is 21.9. The van der Waals surface area contributed by atoms with Crippen molar-refractivity contribution in [2.24, 2.45) is 46.3 Å². The van der Waals surface area contributed by atoms with Crippen molar-refractivity contribution in [1.29, 1.82) is 0 Å². The van der Waals surface area contributed by atoms with Crippen LogP contribution < -0.4 is 0 Å². The minimum atomic E-state index is -0.354. The molecule has 0 aromatic rings. The van der Waals surface area contributed by atoms with Gasteiger partial charge >= 0.3 is 5.97 Å². The van der Waals surface area contributed by atoms with Crippen LogP contribution in [0.4, 0.5) is 0 Å². The first-order valence-corrected chi connectivity index (χ1v) is 13.2. The maximum Gasteiger partial charge on any atom is 0.302 e. The molecule has 5 nitrogen and oxygen atoms in total. The van der Waals surface area contributed by atoms with Crippen LogP contribution in [0.5, 0.6) is 0 Å². The zero-order valence-electron chi connectivity index (χ0n) is 23.9. The third-order valence-electron chi connectivity index (χ3n) is 8.21. The Morgan fingerprint density at radius 2 is 1.17 bits per heavy atom. The second-order valence-corrected chi connectivity index (χ2v) is 12.4. The largest absolute Gasteiger partial charge is 0.462 e. The van der Waals surface area contributed by atoms with E-state index in [1.807, 2.05) is 27.7 Å². The molecule has 2 aliphatic carbocycles. The predicted octanol–water partition coefficient (Wildman–Crippen LogP) is 6.19. The summed E-state index contributed by atoms with van der Waals surface area (Å²) < 4.78 is 5.45. The van der Waals surface area contributed by atoms with E-state index in [-0.39, 0.29) is 76.1 Å². The van der Waals surface area contributed by atoms with Crippen LogP contribution in [0.25, 0.3) is 0 Å².